The molecule has 13 heavy (non-hydrogen) atoms. The highest BCUT2D eigenvalue weighted by Gasteiger charge is 2.27. The molecule has 1 fully saturated rings. The van der Waals surface area contributed by atoms with Crippen LogP contribution in [0.15, 0.2) is 0 Å². The highest BCUT2D eigenvalue weighted by molar-refractivity contribution is 6.30. The summed E-state index contributed by atoms with van der Waals surface area (Å²) in [6.45, 7) is 0. The summed E-state index contributed by atoms with van der Waals surface area (Å²) in [7, 11) is 1.77. The maximum atomic E-state index is 8.89. The second-order valence-corrected chi connectivity index (χ2v) is 3.77. The summed E-state index contributed by atoms with van der Waals surface area (Å²) < 4.78 is 1.58. The Morgan fingerprint density at radius 2 is 2.31 bits per heavy atom. The average molecular weight is 196 g/mol. The zero-order valence-electron chi connectivity index (χ0n) is 7.42. The Morgan fingerprint density at radius 3 is 2.77 bits per heavy atom. The zero-order valence-corrected chi connectivity index (χ0v) is 8.17. The monoisotopic (exact) mass is 195 g/mol. The molecule has 1 heterocycles. The fourth-order valence-electron chi connectivity index (χ4n) is 1.59. The van der Waals surface area contributed by atoms with Gasteiger partial charge in [-0.25, -0.2) is 0 Å². The summed E-state index contributed by atoms with van der Waals surface area (Å²) in [6, 6.07) is 2.12. The van der Waals surface area contributed by atoms with Crippen LogP contribution in [-0.2, 0) is 7.05 Å². The van der Waals surface area contributed by atoms with Gasteiger partial charge in [-0.2, -0.15) is 10.4 Å². The fraction of sp³-hybridized carbons (Fsp3) is 0.556. The summed E-state index contributed by atoms with van der Waals surface area (Å²) in [6.07, 6.45) is 3.52. The van der Waals surface area contributed by atoms with E-state index in [0.29, 0.717) is 16.6 Å². The molecule has 0 amide bonds. The molecule has 3 nitrogen and oxygen atoms in total. The van der Waals surface area contributed by atoms with E-state index in [2.05, 4.69) is 11.2 Å². The molecule has 1 aromatic rings. The van der Waals surface area contributed by atoms with Crippen LogP contribution in [0.2, 0.25) is 5.15 Å². The van der Waals surface area contributed by atoms with Gasteiger partial charge in [-0.15, -0.1) is 0 Å². The van der Waals surface area contributed by atoms with Crippen LogP contribution in [0.25, 0.3) is 0 Å². The van der Waals surface area contributed by atoms with Crippen molar-refractivity contribution in [3.8, 4) is 6.07 Å². The third kappa shape index (κ3) is 1.22. The van der Waals surface area contributed by atoms with Gasteiger partial charge in [0.2, 0.25) is 0 Å². The van der Waals surface area contributed by atoms with Gasteiger partial charge in [-0.05, 0) is 12.8 Å². The lowest BCUT2D eigenvalue weighted by Crippen LogP contribution is -2.10. The summed E-state index contributed by atoms with van der Waals surface area (Å²) in [4.78, 5) is 0. The van der Waals surface area contributed by atoms with Gasteiger partial charge in [0.25, 0.3) is 0 Å². The maximum absolute atomic E-state index is 8.89. The highest BCUT2D eigenvalue weighted by atomic mass is 35.5. The lowest BCUT2D eigenvalue weighted by molar-refractivity contribution is 0.407. The number of aryl methyl sites for hydroxylation is 1. The molecule has 2 rings (SSSR count). The van der Waals surface area contributed by atoms with Gasteiger partial charge >= 0.3 is 0 Å². The zero-order chi connectivity index (χ0) is 9.42. The first-order chi connectivity index (χ1) is 6.24. The van der Waals surface area contributed by atoms with Crippen LogP contribution >= 0.6 is 11.6 Å². The van der Waals surface area contributed by atoms with Crippen LogP contribution in [0.5, 0.6) is 0 Å². The number of aromatic nitrogens is 2. The molecular weight excluding hydrogens is 186 g/mol. The van der Waals surface area contributed by atoms with Gasteiger partial charge in [0.05, 0.1) is 5.69 Å². The molecule has 68 valence electrons. The minimum absolute atomic E-state index is 0.462. The molecule has 0 aromatic carbocycles. The first kappa shape index (κ1) is 8.58. The van der Waals surface area contributed by atoms with Crippen LogP contribution in [0.4, 0.5) is 0 Å². The molecular formula is C9H10ClN3. The van der Waals surface area contributed by atoms with Crippen LogP contribution in [0.1, 0.15) is 36.4 Å². The Morgan fingerprint density at radius 1 is 1.62 bits per heavy atom. The van der Waals surface area contributed by atoms with Gasteiger partial charge in [-0.1, -0.05) is 18.0 Å². The molecule has 0 radical (unpaired) electrons. The first-order valence-electron chi connectivity index (χ1n) is 4.36. The van der Waals surface area contributed by atoms with E-state index < -0.39 is 0 Å². The van der Waals surface area contributed by atoms with Crippen molar-refractivity contribution >= 4 is 11.6 Å². The number of hydrogen-bond acceptors (Lipinski definition) is 2. The van der Waals surface area contributed by atoms with E-state index in [0.717, 1.165) is 18.5 Å². The Labute approximate surface area is 81.9 Å². The molecule has 1 aliphatic rings. The predicted octanol–water partition coefficient (Wildman–Crippen LogP) is 2.21. The Bertz CT molecular complexity index is 371. The second-order valence-electron chi connectivity index (χ2n) is 3.41. The Kier molecular flexibility index (Phi) is 2.01. The topological polar surface area (TPSA) is 41.6 Å². The maximum Gasteiger partial charge on any atom is 0.144 e. The number of rotatable bonds is 1. The molecule has 0 N–H and O–H groups in total. The number of hydrogen-bond donors (Lipinski definition) is 0. The summed E-state index contributed by atoms with van der Waals surface area (Å²) in [5.41, 5.74) is 1.45. The van der Waals surface area contributed by atoms with Crippen LogP contribution in [-0.4, -0.2) is 9.78 Å². The predicted molar refractivity (Wildman–Crippen MR) is 49.5 cm³/mol. The van der Waals surface area contributed by atoms with Crippen molar-refractivity contribution in [2.24, 2.45) is 7.05 Å². The standard InChI is InChI=1S/C9H10ClN3/c1-13-9(10)7(5-11)8(12-13)6-3-2-4-6/h6H,2-4H2,1H3. The lowest BCUT2D eigenvalue weighted by atomic mass is 9.82. The van der Waals surface area contributed by atoms with Crippen molar-refractivity contribution in [2.75, 3.05) is 0 Å². The number of halogens is 1. The third-order valence-electron chi connectivity index (χ3n) is 2.61. The van der Waals surface area contributed by atoms with Gasteiger partial charge in [0, 0.05) is 13.0 Å². The largest absolute Gasteiger partial charge is 0.255 e. The molecule has 0 spiro atoms. The normalized spacial score (nSPS) is 16.7. The number of nitrogens with zero attached hydrogens (tertiary/aromatic N) is 3. The van der Waals surface area contributed by atoms with Crippen molar-refractivity contribution in [2.45, 2.75) is 25.2 Å². The van der Waals surface area contributed by atoms with E-state index in [1.807, 2.05) is 0 Å². The third-order valence-corrected chi connectivity index (χ3v) is 3.04. The molecule has 0 aliphatic heterocycles. The highest BCUT2D eigenvalue weighted by Crippen LogP contribution is 2.38. The minimum atomic E-state index is 0.462. The molecule has 1 saturated carbocycles. The van der Waals surface area contributed by atoms with Crippen molar-refractivity contribution in [3.05, 3.63) is 16.4 Å². The van der Waals surface area contributed by atoms with Gasteiger partial charge in [0.1, 0.15) is 16.8 Å². The van der Waals surface area contributed by atoms with Crippen molar-refractivity contribution in [1.82, 2.24) is 9.78 Å². The van der Waals surface area contributed by atoms with Crippen LogP contribution < -0.4 is 0 Å². The second kappa shape index (κ2) is 3.04. The van der Waals surface area contributed by atoms with Gasteiger partial charge < -0.3 is 0 Å². The van der Waals surface area contributed by atoms with Crippen LogP contribution in [0, 0.1) is 11.3 Å². The Balaban J connectivity index is 2.45. The fourth-order valence-corrected chi connectivity index (χ4v) is 1.77. The van der Waals surface area contributed by atoms with E-state index in [1.165, 1.54) is 6.42 Å². The summed E-state index contributed by atoms with van der Waals surface area (Å²) in [5, 5.41) is 13.6. The van der Waals surface area contributed by atoms with E-state index in [9.17, 15) is 0 Å². The van der Waals surface area contributed by atoms with E-state index >= 15 is 0 Å². The Hall–Kier alpha value is -1.01. The van der Waals surface area contributed by atoms with E-state index in [4.69, 9.17) is 16.9 Å². The van der Waals surface area contributed by atoms with Crippen LogP contribution in [0.3, 0.4) is 0 Å². The molecule has 1 aliphatic carbocycles. The molecule has 1 aromatic heterocycles. The van der Waals surface area contributed by atoms with E-state index in [1.54, 1.807) is 11.7 Å². The first-order valence-corrected chi connectivity index (χ1v) is 4.74. The van der Waals surface area contributed by atoms with Gasteiger partial charge in [0.15, 0.2) is 0 Å². The molecule has 4 heteroatoms. The summed E-state index contributed by atoms with van der Waals surface area (Å²) >= 11 is 5.92. The molecule has 0 saturated heterocycles. The van der Waals surface area contributed by atoms with Crippen molar-refractivity contribution < 1.29 is 0 Å². The SMILES string of the molecule is Cn1nc(C2CCC2)c(C#N)c1Cl. The summed E-state index contributed by atoms with van der Waals surface area (Å²) in [5.74, 6) is 0.466. The van der Waals surface area contributed by atoms with E-state index in [-0.39, 0.29) is 0 Å². The lowest BCUT2D eigenvalue weighted by Gasteiger charge is -2.23. The van der Waals surface area contributed by atoms with Crippen molar-refractivity contribution in [1.29, 1.82) is 5.26 Å². The molecule has 0 bridgehead atoms. The van der Waals surface area contributed by atoms with Gasteiger partial charge in [-0.3, -0.25) is 4.68 Å². The quantitative estimate of drug-likeness (QED) is 0.690. The smallest absolute Gasteiger partial charge is 0.144 e. The minimum Gasteiger partial charge on any atom is -0.255 e. The number of nitriles is 1. The molecule has 0 unspecified atom stereocenters. The average Bonchev–Trinajstić information content (AvgIpc) is 2.25. The molecule has 0 atom stereocenters. The van der Waals surface area contributed by atoms with Crippen molar-refractivity contribution in [3.63, 3.8) is 0 Å².